The van der Waals surface area contributed by atoms with Crippen LogP contribution in [0.3, 0.4) is 0 Å². The molecule has 0 aliphatic carbocycles. The first-order valence-electron chi connectivity index (χ1n) is 7.87. The van der Waals surface area contributed by atoms with Gasteiger partial charge in [0.25, 0.3) is 0 Å². The Bertz CT molecular complexity index is 916. The Labute approximate surface area is 139 Å². The number of anilines is 1. The molecule has 3 aromatic rings. The van der Waals surface area contributed by atoms with Crippen LogP contribution in [0.15, 0.2) is 54.6 Å². The van der Waals surface area contributed by atoms with Crippen molar-refractivity contribution in [2.45, 2.75) is 19.3 Å². The average Bonchev–Trinajstić information content (AvgIpc) is 2.91. The highest BCUT2D eigenvalue weighted by Gasteiger charge is 2.32. The van der Waals surface area contributed by atoms with Gasteiger partial charge in [0.1, 0.15) is 11.6 Å². The van der Waals surface area contributed by atoms with Crippen LogP contribution in [0.5, 0.6) is 5.75 Å². The molecule has 0 fully saturated rings. The number of aromatic nitrogens is 2. The number of fused-ring (bicyclic) bond motifs is 1. The number of aromatic hydroxyl groups is 1. The number of rotatable bonds is 2. The van der Waals surface area contributed by atoms with Crippen LogP contribution in [0.1, 0.15) is 29.2 Å². The highest BCUT2D eigenvalue weighted by molar-refractivity contribution is 5.95. The zero-order valence-electron chi connectivity index (χ0n) is 13.2. The lowest BCUT2D eigenvalue weighted by molar-refractivity contribution is -0.116. The molecule has 5 nitrogen and oxygen atoms in total. The third-order valence-electron chi connectivity index (χ3n) is 4.38. The monoisotopic (exact) mass is 319 g/mol. The number of carbonyl (C=O) groups excluding carboxylic acids is 1. The number of aryl methyl sites for hydroxylation is 1. The summed E-state index contributed by atoms with van der Waals surface area (Å²) in [5, 5.41) is 17.4. The molecule has 5 heteroatoms. The van der Waals surface area contributed by atoms with E-state index in [1.807, 2.05) is 43.3 Å². The number of para-hydroxylation sites is 1. The first-order chi connectivity index (χ1) is 11.6. The van der Waals surface area contributed by atoms with Gasteiger partial charge in [-0.05, 0) is 36.8 Å². The summed E-state index contributed by atoms with van der Waals surface area (Å²) in [7, 11) is 0. The third kappa shape index (κ3) is 2.34. The molecule has 0 unspecified atom stereocenters. The maximum atomic E-state index is 12.3. The maximum Gasteiger partial charge on any atom is 0.226 e. The molecule has 1 aliphatic heterocycles. The molecular weight excluding hydrogens is 302 g/mol. The van der Waals surface area contributed by atoms with Crippen molar-refractivity contribution in [3.05, 3.63) is 71.4 Å². The summed E-state index contributed by atoms with van der Waals surface area (Å²) in [6.07, 6.45) is 0.345. The minimum atomic E-state index is -0.113. The molecule has 120 valence electrons. The third-order valence-corrected chi connectivity index (χ3v) is 4.38. The highest BCUT2D eigenvalue weighted by Crippen LogP contribution is 2.40. The summed E-state index contributed by atoms with van der Waals surface area (Å²) in [4.78, 5) is 12.3. The van der Waals surface area contributed by atoms with Crippen molar-refractivity contribution in [3.63, 3.8) is 0 Å². The molecule has 1 aromatic heterocycles. The number of phenols is 1. The van der Waals surface area contributed by atoms with Crippen LogP contribution in [-0.4, -0.2) is 20.8 Å². The summed E-state index contributed by atoms with van der Waals surface area (Å²) in [6.45, 7) is 1.95. The maximum absolute atomic E-state index is 12.3. The second-order valence-electron chi connectivity index (χ2n) is 5.99. The van der Waals surface area contributed by atoms with E-state index in [2.05, 4.69) is 10.4 Å². The van der Waals surface area contributed by atoms with Gasteiger partial charge in [-0.15, -0.1) is 0 Å². The van der Waals surface area contributed by atoms with E-state index in [9.17, 15) is 9.90 Å². The number of hydrogen-bond donors (Lipinski definition) is 2. The van der Waals surface area contributed by atoms with Crippen molar-refractivity contribution in [1.82, 2.24) is 9.78 Å². The molecule has 0 saturated carbocycles. The fraction of sp³-hybridized carbons (Fsp3) is 0.158. The van der Waals surface area contributed by atoms with Gasteiger partial charge in [-0.3, -0.25) is 4.79 Å². The van der Waals surface area contributed by atoms with Crippen molar-refractivity contribution in [1.29, 1.82) is 0 Å². The Morgan fingerprint density at radius 3 is 2.71 bits per heavy atom. The molecular formula is C19H17N3O2. The molecule has 1 amide bonds. The van der Waals surface area contributed by atoms with Crippen LogP contribution >= 0.6 is 0 Å². The molecule has 0 radical (unpaired) electrons. The Morgan fingerprint density at radius 1 is 1.17 bits per heavy atom. The van der Waals surface area contributed by atoms with Crippen molar-refractivity contribution >= 4 is 11.7 Å². The topological polar surface area (TPSA) is 67.1 Å². The molecule has 1 atom stereocenters. The second kappa shape index (κ2) is 5.53. The number of phenolic OH excluding ortho intramolecular Hbond substituents is 1. The number of hydrogen-bond acceptors (Lipinski definition) is 3. The Kier molecular flexibility index (Phi) is 3.34. The highest BCUT2D eigenvalue weighted by atomic mass is 16.3. The summed E-state index contributed by atoms with van der Waals surface area (Å²) >= 11 is 0. The standard InChI is InChI=1S/C19H17N3O2/c1-12-18-16(13-6-5-9-15(23)10-13)11-17(24)20-19(18)22(21-12)14-7-3-2-4-8-14/h2-10,16,23H,11H2,1H3,(H,20,24)/t16-/m0/s1. The van der Waals surface area contributed by atoms with Crippen molar-refractivity contribution in [3.8, 4) is 11.4 Å². The quantitative estimate of drug-likeness (QED) is 0.761. The second-order valence-corrected chi connectivity index (χ2v) is 5.99. The van der Waals surface area contributed by atoms with Gasteiger partial charge in [0.15, 0.2) is 0 Å². The number of benzene rings is 2. The predicted octanol–water partition coefficient (Wildman–Crippen LogP) is 3.36. The van der Waals surface area contributed by atoms with Gasteiger partial charge in [0.2, 0.25) is 5.91 Å². The summed E-state index contributed by atoms with van der Waals surface area (Å²) in [6, 6.07) is 16.8. The molecule has 1 aliphatic rings. The largest absolute Gasteiger partial charge is 0.508 e. The van der Waals surface area contributed by atoms with Crippen LogP contribution in [0, 0.1) is 6.92 Å². The van der Waals surface area contributed by atoms with Gasteiger partial charge in [-0.25, -0.2) is 4.68 Å². The van der Waals surface area contributed by atoms with Gasteiger partial charge < -0.3 is 10.4 Å². The molecule has 24 heavy (non-hydrogen) atoms. The lowest BCUT2D eigenvalue weighted by Crippen LogP contribution is -2.24. The van der Waals surface area contributed by atoms with Gasteiger partial charge in [-0.2, -0.15) is 5.10 Å². The summed E-state index contributed by atoms with van der Waals surface area (Å²) in [5.74, 6) is 0.752. The van der Waals surface area contributed by atoms with E-state index < -0.39 is 0 Å². The van der Waals surface area contributed by atoms with E-state index in [4.69, 9.17) is 0 Å². The zero-order valence-corrected chi connectivity index (χ0v) is 13.2. The first-order valence-corrected chi connectivity index (χ1v) is 7.87. The number of nitrogens with one attached hydrogen (secondary N) is 1. The molecule has 0 saturated heterocycles. The Balaban J connectivity index is 1.89. The van der Waals surface area contributed by atoms with Crippen LogP contribution in [-0.2, 0) is 4.79 Å². The molecule has 4 rings (SSSR count). The fourth-order valence-electron chi connectivity index (χ4n) is 3.33. The van der Waals surface area contributed by atoms with Crippen LogP contribution in [0.25, 0.3) is 5.69 Å². The minimum absolute atomic E-state index is 0.0482. The van der Waals surface area contributed by atoms with Gasteiger partial charge in [0, 0.05) is 17.9 Å². The van der Waals surface area contributed by atoms with Gasteiger partial charge in [0.05, 0.1) is 11.4 Å². The molecule has 2 N–H and O–H groups in total. The minimum Gasteiger partial charge on any atom is -0.508 e. The molecule has 2 heterocycles. The zero-order chi connectivity index (χ0) is 16.7. The first kappa shape index (κ1) is 14.5. The van der Waals surface area contributed by atoms with Gasteiger partial charge >= 0.3 is 0 Å². The number of amides is 1. The fourth-order valence-corrected chi connectivity index (χ4v) is 3.33. The summed E-state index contributed by atoms with van der Waals surface area (Å²) in [5.41, 5.74) is 3.70. The normalized spacial score (nSPS) is 16.5. The van der Waals surface area contributed by atoms with Crippen molar-refractivity contribution < 1.29 is 9.90 Å². The molecule has 0 bridgehead atoms. The Hall–Kier alpha value is -3.08. The lowest BCUT2D eigenvalue weighted by Gasteiger charge is -2.24. The van der Waals surface area contributed by atoms with Crippen LogP contribution < -0.4 is 5.32 Å². The molecule has 0 spiro atoms. The average molecular weight is 319 g/mol. The predicted molar refractivity (Wildman–Crippen MR) is 91.5 cm³/mol. The van der Waals surface area contributed by atoms with Crippen molar-refractivity contribution in [2.75, 3.05) is 5.32 Å². The van der Waals surface area contributed by atoms with E-state index in [-0.39, 0.29) is 17.6 Å². The van der Waals surface area contributed by atoms with E-state index in [0.717, 1.165) is 22.5 Å². The number of nitrogens with zero attached hydrogens (tertiary/aromatic N) is 2. The van der Waals surface area contributed by atoms with E-state index in [1.165, 1.54) is 0 Å². The van der Waals surface area contributed by atoms with E-state index in [1.54, 1.807) is 22.9 Å². The Morgan fingerprint density at radius 2 is 1.96 bits per heavy atom. The van der Waals surface area contributed by atoms with Crippen LogP contribution in [0.4, 0.5) is 5.82 Å². The van der Waals surface area contributed by atoms with E-state index in [0.29, 0.717) is 12.2 Å². The smallest absolute Gasteiger partial charge is 0.226 e. The van der Waals surface area contributed by atoms with Crippen molar-refractivity contribution in [2.24, 2.45) is 0 Å². The summed E-state index contributed by atoms with van der Waals surface area (Å²) < 4.78 is 1.78. The van der Waals surface area contributed by atoms with Crippen LogP contribution in [0.2, 0.25) is 0 Å². The SMILES string of the molecule is Cc1nn(-c2ccccc2)c2c1[C@H](c1cccc(O)c1)CC(=O)N2. The number of carbonyl (C=O) groups is 1. The van der Waals surface area contributed by atoms with E-state index >= 15 is 0 Å². The molecule has 2 aromatic carbocycles. The van der Waals surface area contributed by atoms with Gasteiger partial charge in [-0.1, -0.05) is 30.3 Å². The lowest BCUT2D eigenvalue weighted by atomic mass is 9.86.